The minimum Gasteiger partial charge on any atom is -0.460 e. The summed E-state index contributed by atoms with van der Waals surface area (Å²) >= 11 is 0. The third kappa shape index (κ3) is 4.87. The molecule has 128 valence electrons. The molecule has 23 heavy (non-hydrogen) atoms. The molecule has 0 aliphatic heterocycles. The van der Waals surface area contributed by atoms with E-state index in [-0.39, 0.29) is 25.0 Å². The van der Waals surface area contributed by atoms with Crippen LogP contribution in [-0.2, 0) is 4.74 Å². The van der Waals surface area contributed by atoms with E-state index in [9.17, 15) is 15.0 Å². The smallest absolute Gasteiger partial charge is 0.376 e. The molecule has 1 aromatic heterocycles. The maximum absolute atomic E-state index is 11.7. The Kier molecular flexibility index (Phi) is 6.73. The minimum absolute atomic E-state index is 0.0410. The van der Waals surface area contributed by atoms with Crippen molar-refractivity contribution in [1.29, 1.82) is 0 Å². The van der Waals surface area contributed by atoms with E-state index in [4.69, 9.17) is 4.74 Å². The van der Waals surface area contributed by atoms with Crippen LogP contribution < -0.4 is 5.32 Å². The summed E-state index contributed by atoms with van der Waals surface area (Å²) in [4.78, 5) is 19.6. The van der Waals surface area contributed by atoms with Crippen LogP contribution in [0.25, 0.3) is 0 Å². The summed E-state index contributed by atoms with van der Waals surface area (Å²) in [5, 5.41) is 23.1. The van der Waals surface area contributed by atoms with Crippen molar-refractivity contribution in [3.63, 3.8) is 0 Å². The lowest BCUT2D eigenvalue weighted by Gasteiger charge is -2.32. The number of hydrogen-bond acceptors (Lipinski definition) is 7. The van der Waals surface area contributed by atoms with Gasteiger partial charge in [0, 0.05) is 6.20 Å². The van der Waals surface area contributed by atoms with Gasteiger partial charge >= 0.3 is 5.97 Å². The molecule has 0 amide bonds. The number of aliphatic hydroxyl groups is 2. The van der Waals surface area contributed by atoms with Crippen LogP contribution in [0.3, 0.4) is 0 Å². The average molecular weight is 323 g/mol. The zero-order valence-corrected chi connectivity index (χ0v) is 13.4. The second-order valence-electron chi connectivity index (χ2n) is 5.81. The van der Waals surface area contributed by atoms with Crippen LogP contribution in [0.5, 0.6) is 0 Å². The standard InChI is InChI=1S/C16H25N3O4/c1-2-23-16(22)15-17-9-8-13(19-15)18-12(10-20)14(21)11-6-4-3-5-7-11/h8-9,11-12,14,20-21H,2-7,10H2,1H3,(H,17,18,19)/t12-,14+/m1/s1. The third-order valence-electron chi connectivity index (χ3n) is 4.19. The number of anilines is 1. The normalized spacial score (nSPS) is 18.2. The summed E-state index contributed by atoms with van der Waals surface area (Å²) in [7, 11) is 0. The summed E-state index contributed by atoms with van der Waals surface area (Å²) in [5.74, 6) is -0.0676. The molecule has 2 atom stereocenters. The highest BCUT2D eigenvalue weighted by Gasteiger charge is 2.29. The van der Waals surface area contributed by atoms with Crippen LogP contribution >= 0.6 is 0 Å². The number of esters is 1. The molecule has 0 spiro atoms. The van der Waals surface area contributed by atoms with E-state index in [1.807, 2.05) is 0 Å². The van der Waals surface area contributed by atoms with Crippen molar-refractivity contribution >= 4 is 11.8 Å². The van der Waals surface area contributed by atoms with E-state index in [2.05, 4.69) is 15.3 Å². The number of carbonyl (C=O) groups is 1. The maximum Gasteiger partial charge on any atom is 0.376 e. The van der Waals surface area contributed by atoms with Gasteiger partial charge in [-0.15, -0.1) is 0 Å². The van der Waals surface area contributed by atoms with Gasteiger partial charge in [0.1, 0.15) is 5.82 Å². The molecular formula is C16H25N3O4. The van der Waals surface area contributed by atoms with E-state index in [1.54, 1.807) is 13.0 Å². The van der Waals surface area contributed by atoms with Crippen LogP contribution in [0.1, 0.15) is 49.6 Å². The molecule has 1 saturated carbocycles. The highest BCUT2D eigenvalue weighted by Crippen LogP contribution is 2.28. The molecule has 1 aromatic rings. The predicted molar refractivity (Wildman–Crippen MR) is 85.1 cm³/mol. The van der Waals surface area contributed by atoms with Crippen molar-refractivity contribution < 1.29 is 19.7 Å². The second-order valence-corrected chi connectivity index (χ2v) is 5.81. The number of aliphatic hydroxyl groups excluding tert-OH is 2. The molecule has 0 radical (unpaired) electrons. The zero-order valence-electron chi connectivity index (χ0n) is 13.4. The first-order valence-corrected chi connectivity index (χ1v) is 8.21. The Hall–Kier alpha value is -1.73. The molecule has 3 N–H and O–H groups in total. The van der Waals surface area contributed by atoms with Gasteiger partial charge in [-0.1, -0.05) is 19.3 Å². The van der Waals surface area contributed by atoms with Crippen LogP contribution in [0.15, 0.2) is 12.3 Å². The third-order valence-corrected chi connectivity index (χ3v) is 4.19. The van der Waals surface area contributed by atoms with E-state index < -0.39 is 18.1 Å². The van der Waals surface area contributed by atoms with Crippen molar-refractivity contribution in [2.24, 2.45) is 5.92 Å². The van der Waals surface area contributed by atoms with Crippen LogP contribution in [0.2, 0.25) is 0 Å². The first-order chi connectivity index (χ1) is 11.2. The highest BCUT2D eigenvalue weighted by molar-refractivity contribution is 5.85. The largest absolute Gasteiger partial charge is 0.460 e. The van der Waals surface area contributed by atoms with Crippen molar-refractivity contribution in [2.75, 3.05) is 18.5 Å². The van der Waals surface area contributed by atoms with Gasteiger partial charge in [-0.25, -0.2) is 14.8 Å². The van der Waals surface area contributed by atoms with E-state index >= 15 is 0 Å². The van der Waals surface area contributed by atoms with Gasteiger partial charge in [0.25, 0.3) is 0 Å². The number of nitrogens with one attached hydrogen (secondary N) is 1. The molecule has 1 fully saturated rings. The van der Waals surface area contributed by atoms with Gasteiger partial charge in [-0.05, 0) is 31.7 Å². The number of aromatic nitrogens is 2. The molecule has 1 heterocycles. The highest BCUT2D eigenvalue weighted by atomic mass is 16.5. The lowest BCUT2D eigenvalue weighted by molar-refractivity contribution is 0.0492. The van der Waals surface area contributed by atoms with E-state index in [0.29, 0.717) is 5.82 Å². The Bertz CT molecular complexity index is 506. The molecule has 0 bridgehead atoms. The Labute approximate surface area is 136 Å². The first kappa shape index (κ1) is 17.6. The number of nitrogens with zero attached hydrogens (tertiary/aromatic N) is 2. The lowest BCUT2D eigenvalue weighted by Crippen LogP contribution is -2.42. The number of ether oxygens (including phenoxy) is 1. The number of rotatable bonds is 7. The Morgan fingerprint density at radius 3 is 2.83 bits per heavy atom. The summed E-state index contributed by atoms with van der Waals surface area (Å²) < 4.78 is 4.87. The molecule has 0 aromatic carbocycles. The number of carbonyl (C=O) groups excluding carboxylic acids is 1. The van der Waals surface area contributed by atoms with Crippen LogP contribution in [0.4, 0.5) is 5.82 Å². The fourth-order valence-corrected chi connectivity index (χ4v) is 2.97. The van der Waals surface area contributed by atoms with Crippen LogP contribution in [0, 0.1) is 5.92 Å². The number of hydrogen-bond donors (Lipinski definition) is 3. The van der Waals surface area contributed by atoms with Crippen LogP contribution in [-0.4, -0.2) is 51.5 Å². The predicted octanol–water partition coefficient (Wildman–Crippen LogP) is 1.37. The summed E-state index contributed by atoms with van der Waals surface area (Å²) in [6, 6.07) is 1.07. The minimum atomic E-state index is -0.652. The van der Waals surface area contributed by atoms with Crippen molar-refractivity contribution in [3.05, 3.63) is 18.1 Å². The van der Waals surface area contributed by atoms with Crippen molar-refractivity contribution in [1.82, 2.24) is 9.97 Å². The van der Waals surface area contributed by atoms with Gasteiger partial charge in [-0.3, -0.25) is 0 Å². The molecule has 0 unspecified atom stereocenters. The molecule has 7 nitrogen and oxygen atoms in total. The Balaban J connectivity index is 2.03. The topological polar surface area (TPSA) is 105 Å². The van der Waals surface area contributed by atoms with Gasteiger partial charge in [0.05, 0.1) is 25.4 Å². The summed E-state index contributed by atoms with van der Waals surface area (Å²) in [6.45, 7) is 1.75. The van der Waals surface area contributed by atoms with Gasteiger partial charge in [0.15, 0.2) is 0 Å². The SMILES string of the molecule is CCOC(=O)c1nccc(N[C@H](CO)[C@@H](O)C2CCCCC2)n1. The van der Waals surface area contributed by atoms with Gasteiger partial charge < -0.3 is 20.3 Å². The first-order valence-electron chi connectivity index (χ1n) is 8.21. The monoisotopic (exact) mass is 323 g/mol. The Morgan fingerprint density at radius 2 is 2.17 bits per heavy atom. The fourth-order valence-electron chi connectivity index (χ4n) is 2.97. The van der Waals surface area contributed by atoms with E-state index in [0.717, 1.165) is 25.7 Å². The molecule has 2 rings (SSSR count). The molecule has 1 aliphatic carbocycles. The van der Waals surface area contributed by atoms with Crippen molar-refractivity contribution in [2.45, 2.75) is 51.2 Å². The summed E-state index contributed by atoms with van der Waals surface area (Å²) in [6.07, 6.45) is 6.16. The Morgan fingerprint density at radius 1 is 1.43 bits per heavy atom. The molecule has 7 heteroatoms. The molecule has 1 aliphatic rings. The quantitative estimate of drug-likeness (QED) is 0.651. The second kappa shape index (κ2) is 8.79. The van der Waals surface area contributed by atoms with Gasteiger partial charge in [-0.2, -0.15) is 0 Å². The maximum atomic E-state index is 11.7. The van der Waals surface area contributed by atoms with E-state index in [1.165, 1.54) is 12.6 Å². The average Bonchev–Trinajstić information content (AvgIpc) is 2.60. The van der Waals surface area contributed by atoms with Gasteiger partial charge in [0.2, 0.25) is 5.82 Å². The fraction of sp³-hybridized carbons (Fsp3) is 0.688. The zero-order chi connectivity index (χ0) is 16.7. The molecular weight excluding hydrogens is 298 g/mol. The summed E-state index contributed by atoms with van der Waals surface area (Å²) in [5.41, 5.74) is 0. The lowest BCUT2D eigenvalue weighted by atomic mass is 9.83. The van der Waals surface area contributed by atoms with Crippen molar-refractivity contribution in [3.8, 4) is 0 Å². The molecule has 0 saturated heterocycles.